The molecule has 0 spiro atoms. The van der Waals surface area contributed by atoms with Crippen molar-refractivity contribution in [1.29, 1.82) is 0 Å². The molecule has 0 bridgehead atoms. The summed E-state index contributed by atoms with van der Waals surface area (Å²) in [4.78, 5) is 13.1. The second kappa shape index (κ2) is 9.78. The third-order valence-corrected chi connectivity index (χ3v) is 4.81. The van der Waals surface area contributed by atoms with E-state index in [2.05, 4.69) is 36.5 Å². The molecule has 150 valence electrons. The first-order chi connectivity index (χ1) is 14.1. The van der Waals surface area contributed by atoms with Gasteiger partial charge in [-0.05, 0) is 36.6 Å². The van der Waals surface area contributed by atoms with E-state index in [1.165, 1.54) is 5.56 Å². The van der Waals surface area contributed by atoms with Gasteiger partial charge in [-0.3, -0.25) is 4.79 Å². The predicted molar refractivity (Wildman–Crippen MR) is 115 cm³/mol. The van der Waals surface area contributed by atoms with Gasteiger partial charge in [0, 0.05) is 6.07 Å². The number of carbonyl (C=O) groups is 1. The van der Waals surface area contributed by atoms with Crippen molar-refractivity contribution in [2.75, 3.05) is 7.11 Å². The maximum Gasteiger partial charge on any atom is 0.261 e. The third kappa shape index (κ3) is 5.38. The molecule has 0 aromatic heterocycles. The lowest BCUT2D eigenvalue weighted by Gasteiger charge is -2.24. The minimum Gasteiger partial charge on any atom is -0.497 e. The Hall–Kier alpha value is -3.27. The van der Waals surface area contributed by atoms with Crippen molar-refractivity contribution in [2.24, 2.45) is 0 Å². The highest BCUT2D eigenvalue weighted by Crippen LogP contribution is 2.24. The summed E-state index contributed by atoms with van der Waals surface area (Å²) in [6.45, 7) is 3.99. The van der Waals surface area contributed by atoms with E-state index in [-0.39, 0.29) is 11.9 Å². The zero-order chi connectivity index (χ0) is 20.6. The highest BCUT2D eigenvalue weighted by molar-refractivity contribution is 5.82. The second-order valence-electron chi connectivity index (χ2n) is 6.96. The normalized spacial score (nSPS) is 12.7. The van der Waals surface area contributed by atoms with Crippen LogP contribution in [0.2, 0.25) is 0 Å². The smallest absolute Gasteiger partial charge is 0.261 e. The molecule has 0 saturated heterocycles. The molecule has 2 atom stereocenters. The Morgan fingerprint density at radius 2 is 1.55 bits per heavy atom. The summed E-state index contributed by atoms with van der Waals surface area (Å²) in [5, 5.41) is 3.17. The zero-order valence-corrected chi connectivity index (χ0v) is 17.1. The molecule has 0 aliphatic carbocycles. The van der Waals surface area contributed by atoms with E-state index in [4.69, 9.17) is 9.47 Å². The molecule has 3 aromatic rings. The fourth-order valence-electron chi connectivity index (χ4n) is 3.16. The average molecular weight is 389 g/mol. The molecule has 0 unspecified atom stereocenters. The van der Waals surface area contributed by atoms with Gasteiger partial charge < -0.3 is 14.8 Å². The van der Waals surface area contributed by atoms with Crippen LogP contribution in [-0.2, 0) is 4.79 Å². The van der Waals surface area contributed by atoms with Crippen molar-refractivity contribution in [3.8, 4) is 11.5 Å². The van der Waals surface area contributed by atoms with E-state index in [9.17, 15) is 4.79 Å². The van der Waals surface area contributed by atoms with Gasteiger partial charge in [0.2, 0.25) is 0 Å². The van der Waals surface area contributed by atoms with Crippen molar-refractivity contribution >= 4 is 5.91 Å². The third-order valence-electron chi connectivity index (χ3n) is 4.81. The number of ether oxygens (including phenoxy) is 2. The molecule has 4 heteroatoms. The van der Waals surface area contributed by atoms with Crippen molar-refractivity contribution in [3.63, 3.8) is 0 Å². The van der Waals surface area contributed by atoms with Crippen LogP contribution in [0.15, 0.2) is 78.9 Å². The highest BCUT2D eigenvalue weighted by atomic mass is 16.5. The molecule has 0 aliphatic heterocycles. The SMILES string of the molecule is CC[C@H](Oc1cccc(OC)c1)C(=O)N[C@@H](c1ccccc1)c1ccc(C)cc1. The number of aryl methyl sites for hydroxylation is 1. The summed E-state index contributed by atoms with van der Waals surface area (Å²) < 4.78 is 11.2. The fourth-order valence-corrected chi connectivity index (χ4v) is 3.16. The molecule has 1 N–H and O–H groups in total. The first kappa shape index (κ1) is 20.5. The lowest BCUT2D eigenvalue weighted by Crippen LogP contribution is -2.40. The van der Waals surface area contributed by atoms with E-state index in [1.807, 2.05) is 55.5 Å². The van der Waals surface area contributed by atoms with Gasteiger partial charge in [-0.15, -0.1) is 0 Å². The minimum absolute atomic E-state index is 0.148. The van der Waals surface area contributed by atoms with Crippen molar-refractivity contribution in [2.45, 2.75) is 32.4 Å². The Kier molecular flexibility index (Phi) is 6.90. The Morgan fingerprint density at radius 3 is 2.21 bits per heavy atom. The molecular formula is C25H27NO3. The number of carbonyl (C=O) groups excluding carboxylic acids is 1. The summed E-state index contributed by atoms with van der Waals surface area (Å²) in [5.41, 5.74) is 3.24. The largest absolute Gasteiger partial charge is 0.497 e. The standard InChI is InChI=1S/C25H27NO3/c1-4-23(29-22-12-8-11-21(17-22)28-3)25(27)26-24(19-9-6-5-7-10-19)20-15-13-18(2)14-16-20/h5-17,23-24H,4H2,1-3H3,(H,26,27)/t23-,24-/m0/s1. The molecule has 3 rings (SSSR count). The molecular weight excluding hydrogens is 362 g/mol. The van der Waals surface area contributed by atoms with Crippen LogP contribution in [-0.4, -0.2) is 19.1 Å². The Balaban J connectivity index is 1.81. The molecule has 0 saturated carbocycles. The molecule has 0 heterocycles. The van der Waals surface area contributed by atoms with Gasteiger partial charge in [0.15, 0.2) is 6.10 Å². The summed E-state index contributed by atoms with van der Waals surface area (Å²) in [5.74, 6) is 1.15. The monoisotopic (exact) mass is 389 g/mol. The molecule has 3 aromatic carbocycles. The van der Waals surface area contributed by atoms with Gasteiger partial charge in [-0.2, -0.15) is 0 Å². The van der Waals surface area contributed by atoms with Gasteiger partial charge >= 0.3 is 0 Å². The van der Waals surface area contributed by atoms with Crippen LogP contribution in [0.5, 0.6) is 11.5 Å². The van der Waals surface area contributed by atoms with Crippen LogP contribution in [0.1, 0.15) is 36.1 Å². The number of hydrogen-bond donors (Lipinski definition) is 1. The second-order valence-corrected chi connectivity index (χ2v) is 6.96. The highest BCUT2D eigenvalue weighted by Gasteiger charge is 2.24. The van der Waals surface area contributed by atoms with Crippen molar-refractivity contribution < 1.29 is 14.3 Å². The number of benzene rings is 3. The molecule has 0 fully saturated rings. The fraction of sp³-hybridized carbons (Fsp3) is 0.240. The van der Waals surface area contributed by atoms with Gasteiger partial charge in [0.05, 0.1) is 13.2 Å². The Bertz CT molecular complexity index is 922. The van der Waals surface area contributed by atoms with Gasteiger partial charge in [-0.1, -0.05) is 73.2 Å². The van der Waals surface area contributed by atoms with E-state index in [0.717, 1.165) is 11.1 Å². The van der Waals surface area contributed by atoms with Crippen LogP contribution in [0.4, 0.5) is 0 Å². The van der Waals surface area contributed by atoms with Gasteiger partial charge in [0.25, 0.3) is 5.91 Å². The molecule has 4 nitrogen and oxygen atoms in total. The molecule has 29 heavy (non-hydrogen) atoms. The average Bonchev–Trinajstić information content (AvgIpc) is 2.77. The Labute approximate surface area is 172 Å². The first-order valence-electron chi connectivity index (χ1n) is 9.83. The number of methoxy groups -OCH3 is 1. The summed E-state index contributed by atoms with van der Waals surface area (Å²) in [6.07, 6.45) is -0.0443. The first-order valence-corrected chi connectivity index (χ1v) is 9.83. The lowest BCUT2D eigenvalue weighted by molar-refractivity contribution is -0.128. The van der Waals surface area contributed by atoms with Crippen LogP contribution in [0, 0.1) is 6.92 Å². The number of hydrogen-bond acceptors (Lipinski definition) is 3. The van der Waals surface area contributed by atoms with Crippen LogP contribution in [0.3, 0.4) is 0 Å². The van der Waals surface area contributed by atoms with E-state index >= 15 is 0 Å². The van der Waals surface area contributed by atoms with Crippen LogP contribution in [0.25, 0.3) is 0 Å². The van der Waals surface area contributed by atoms with Crippen LogP contribution >= 0.6 is 0 Å². The number of nitrogens with one attached hydrogen (secondary N) is 1. The van der Waals surface area contributed by atoms with Crippen molar-refractivity contribution in [3.05, 3.63) is 95.6 Å². The molecule has 0 radical (unpaired) electrons. The topological polar surface area (TPSA) is 47.6 Å². The minimum atomic E-state index is -0.598. The van der Waals surface area contributed by atoms with E-state index < -0.39 is 6.10 Å². The van der Waals surface area contributed by atoms with E-state index in [0.29, 0.717) is 17.9 Å². The van der Waals surface area contributed by atoms with Crippen molar-refractivity contribution in [1.82, 2.24) is 5.32 Å². The maximum absolute atomic E-state index is 13.1. The quantitative estimate of drug-likeness (QED) is 0.585. The molecule has 1 amide bonds. The number of rotatable bonds is 8. The summed E-state index contributed by atoms with van der Waals surface area (Å²) in [7, 11) is 1.61. The maximum atomic E-state index is 13.1. The van der Waals surface area contributed by atoms with Gasteiger partial charge in [-0.25, -0.2) is 0 Å². The molecule has 0 aliphatic rings. The van der Waals surface area contributed by atoms with Crippen LogP contribution < -0.4 is 14.8 Å². The number of amides is 1. The van der Waals surface area contributed by atoms with Gasteiger partial charge in [0.1, 0.15) is 11.5 Å². The summed E-state index contributed by atoms with van der Waals surface area (Å²) in [6, 6.07) is 25.2. The zero-order valence-electron chi connectivity index (χ0n) is 17.1. The lowest BCUT2D eigenvalue weighted by atomic mass is 9.97. The van der Waals surface area contributed by atoms with E-state index in [1.54, 1.807) is 13.2 Å². The summed E-state index contributed by atoms with van der Waals surface area (Å²) >= 11 is 0. The predicted octanol–water partition coefficient (Wildman–Crippen LogP) is 5.07. The Morgan fingerprint density at radius 1 is 0.897 bits per heavy atom.